The van der Waals surface area contributed by atoms with Gasteiger partial charge in [0.25, 0.3) is 0 Å². The lowest BCUT2D eigenvalue weighted by molar-refractivity contribution is -0.122. The van der Waals surface area contributed by atoms with E-state index in [2.05, 4.69) is 24.3 Å². The minimum Gasteiger partial charge on any atom is -0.399 e. The molecule has 0 radical (unpaired) electrons. The summed E-state index contributed by atoms with van der Waals surface area (Å²) in [7, 11) is 0. The summed E-state index contributed by atoms with van der Waals surface area (Å²) in [4.78, 5) is 29.1. The van der Waals surface area contributed by atoms with Crippen LogP contribution in [0.3, 0.4) is 0 Å². The maximum Gasteiger partial charge on any atom is 0.238 e. The van der Waals surface area contributed by atoms with E-state index in [4.69, 9.17) is 5.73 Å². The van der Waals surface area contributed by atoms with Crippen LogP contribution in [0.2, 0.25) is 0 Å². The number of hydrogen-bond acceptors (Lipinski definition) is 3. The standard InChI is InChI=1S/C30H22N2O2/c31-19-13-9-17(10-14-19)18-11-15-20(16-12-18)32-29(33)27-25-21-5-1-2-6-22(21)26(28(27)30(32)34)24-8-4-3-7-23(24)25/h1-16,25-28H,31H2/t25?,26?,27-,28+. The van der Waals surface area contributed by atoms with Gasteiger partial charge in [0, 0.05) is 17.5 Å². The van der Waals surface area contributed by atoms with Crippen molar-refractivity contribution in [2.45, 2.75) is 11.8 Å². The minimum atomic E-state index is -0.362. The second-order valence-electron chi connectivity index (χ2n) is 9.45. The van der Waals surface area contributed by atoms with Crippen LogP contribution < -0.4 is 10.6 Å². The van der Waals surface area contributed by atoms with Gasteiger partial charge in [-0.05, 0) is 57.6 Å². The van der Waals surface area contributed by atoms with E-state index in [1.807, 2.05) is 72.8 Å². The predicted octanol–water partition coefficient (Wildman–Crippen LogP) is 5.33. The van der Waals surface area contributed by atoms with Crippen LogP contribution in [-0.4, -0.2) is 11.8 Å². The lowest BCUT2D eigenvalue weighted by Crippen LogP contribution is -2.41. The van der Waals surface area contributed by atoms with Crippen LogP contribution in [0.5, 0.6) is 0 Å². The topological polar surface area (TPSA) is 63.4 Å². The Morgan fingerprint density at radius 3 is 1.32 bits per heavy atom. The zero-order valence-electron chi connectivity index (χ0n) is 18.4. The molecule has 0 aromatic heterocycles. The van der Waals surface area contributed by atoms with Crippen LogP contribution in [-0.2, 0) is 9.59 Å². The summed E-state index contributed by atoms with van der Waals surface area (Å²) in [5.41, 5.74) is 14.0. The van der Waals surface area contributed by atoms with E-state index in [-0.39, 0.29) is 35.5 Å². The van der Waals surface area contributed by atoms with Crippen LogP contribution in [0.15, 0.2) is 97.1 Å². The van der Waals surface area contributed by atoms with Crippen molar-refractivity contribution in [3.05, 3.63) is 119 Å². The van der Waals surface area contributed by atoms with E-state index < -0.39 is 0 Å². The molecule has 1 heterocycles. The largest absolute Gasteiger partial charge is 0.399 e. The second kappa shape index (κ2) is 6.91. The number of rotatable bonds is 2. The average Bonchev–Trinajstić information content (AvgIpc) is 3.15. The Bertz CT molecular complexity index is 1360. The van der Waals surface area contributed by atoms with Crippen molar-refractivity contribution in [1.29, 1.82) is 0 Å². The molecule has 3 aliphatic carbocycles. The zero-order chi connectivity index (χ0) is 23.0. The maximum atomic E-state index is 13.8. The molecule has 0 spiro atoms. The van der Waals surface area contributed by atoms with Crippen LogP contribution in [0.1, 0.15) is 34.1 Å². The summed E-state index contributed by atoms with van der Waals surface area (Å²) in [6.45, 7) is 0. The number of amides is 2. The van der Waals surface area contributed by atoms with Crippen molar-refractivity contribution >= 4 is 23.2 Å². The van der Waals surface area contributed by atoms with Crippen molar-refractivity contribution < 1.29 is 9.59 Å². The molecule has 34 heavy (non-hydrogen) atoms. The Kier molecular flexibility index (Phi) is 3.92. The molecule has 4 nitrogen and oxygen atoms in total. The molecule has 0 saturated carbocycles. The molecule has 1 aliphatic heterocycles. The van der Waals surface area contributed by atoms with E-state index in [1.165, 1.54) is 27.2 Å². The molecule has 4 aromatic rings. The zero-order valence-corrected chi connectivity index (χ0v) is 18.4. The summed E-state index contributed by atoms with van der Waals surface area (Å²) in [5, 5.41) is 0. The van der Waals surface area contributed by atoms with Crippen molar-refractivity contribution in [2.24, 2.45) is 11.8 Å². The quantitative estimate of drug-likeness (QED) is 0.337. The lowest BCUT2D eigenvalue weighted by atomic mass is 9.55. The lowest BCUT2D eigenvalue weighted by Gasteiger charge is -2.45. The highest BCUT2D eigenvalue weighted by Crippen LogP contribution is 2.61. The molecule has 1 saturated heterocycles. The molecule has 4 aliphatic rings. The van der Waals surface area contributed by atoms with Gasteiger partial charge in [0.1, 0.15) is 0 Å². The Balaban J connectivity index is 1.31. The fourth-order valence-electron chi connectivity index (χ4n) is 6.41. The summed E-state index contributed by atoms with van der Waals surface area (Å²) in [6.07, 6.45) is 0. The van der Waals surface area contributed by atoms with E-state index in [9.17, 15) is 9.59 Å². The average molecular weight is 443 g/mol. The number of nitrogens with two attached hydrogens (primary N) is 1. The summed E-state index contributed by atoms with van der Waals surface area (Å²) >= 11 is 0. The highest BCUT2D eigenvalue weighted by molar-refractivity contribution is 6.23. The van der Waals surface area contributed by atoms with Crippen molar-refractivity contribution in [1.82, 2.24) is 0 Å². The molecular formula is C30H22N2O2. The van der Waals surface area contributed by atoms with Gasteiger partial charge in [-0.2, -0.15) is 0 Å². The minimum absolute atomic E-state index is 0.0853. The Morgan fingerprint density at radius 1 is 0.529 bits per heavy atom. The van der Waals surface area contributed by atoms with E-state index >= 15 is 0 Å². The van der Waals surface area contributed by atoms with Gasteiger partial charge >= 0.3 is 0 Å². The van der Waals surface area contributed by atoms with E-state index in [0.29, 0.717) is 11.4 Å². The highest BCUT2D eigenvalue weighted by atomic mass is 16.2. The smallest absolute Gasteiger partial charge is 0.238 e. The van der Waals surface area contributed by atoms with Gasteiger partial charge in [-0.3, -0.25) is 9.59 Å². The molecule has 4 aromatic carbocycles. The Labute approximate surface area is 197 Å². The molecular weight excluding hydrogens is 420 g/mol. The summed E-state index contributed by atoms with van der Waals surface area (Å²) < 4.78 is 0. The molecule has 0 unspecified atom stereocenters. The number of nitrogen functional groups attached to an aromatic ring is 1. The van der Waals surface area contributed by atoms with Gasteiger partial charge < -0.3 is 5.73 Å². The van der Waals surface area contributed by atoms with Crippen LogP contribution in [0.4, 0.5) is 11.4 Å². The number of anilines is 2. The number of benzene rings is 4. The van der Waals surface area contributed by atoms with Crippen LogP contribution in [0, 0.1) is 11.8 Å². The number of nitrogens with zero attached hydrogens (tertiary/aromatic N) is 1. The van der Waals surface area contributed by atoms with E-state index in [1.54, 1.807) is 0 Å². The first-order chi connectivity index (χ1) is 16.6. The van der Waals surface area contributed by atoms with Gasteiger partial charge in [0.15, 0.2) is 0 Å². The fourth-order valence-corrected chi connectivity index (χ4v) is 6.41. The Morgan fingerprint density at radius 2 is 0.912 bits per heavy atom. The molecule has 164 valence electrons. The van der Waals surface area contributed by atoms with Crippen LogP contribution in [0.25, 0.3) is 11.1 Å². The fraction of sp³-hybridized carbons (Fsp3) is 0.133. The first-order valence-corrected chi connectivity index (χ1v) is 11.6. The van der Waals surface area contributed by atoms with Gasteiger partial charge in [-0.25, -0.2) is 4.90 Å². The first kappa shape index (κ1) is 19.3. The number of hydrogen-bond donors (Lipinski definition) is 1. The Hall–Kier alpha value is -4.18. The monoisotopic (exact) mass is 442 g/mol. The predicted molar refractivity (Wildman–Crippen MR) is 132 cm³/mol. The van der Waals surface area contributed by atoms with Gasteiger partial charge in [-0.1, -0.05) is 72.8 Å². The molecule has 2 amide bonds. The number of carbonyl (C=O) groups excluding carboxylic acids is 2. The van der Waals surface area contributed by atoms with Gasteiger partial charge in [0.2, 0.25) is 11.8 Å². The summed E-state index contributed by atoms with van der Waals surface area (Å²) in [6, 6.07) is 32.0. The third kappa shape index (κ3) is 2.48. The normalized spacial score (nSPS) is 24.1. The summed E-state index contributed by atoms with van der Waals surface area (Å²) in [5.74, 6) is -1.07. The van der Waals surface area contributed by atoms with Crippen molar-refractivity contribution in [3.63, 3.8) is 0 Å². The van der Waals surface area contributed by atoms with E-state index in [0.717, 1.165) is 11.1 Å². The third-order valence-electron chi connectivity index (χ3n) is 7.82. The molecule has 8 rings (SSSR count). The van der Waals surface area contributed by atoms with Gasteiger partial charge in [0.05, 0.1) is 17.5 Å². The van der Waals surface area contributed by atoms with Crippen molar-refractivity contribution in [3.8, 4) is 11.1 Å². The number of carbonyl (C=O) groups is 2. The molecule has 1 fully saturated rings. The molecule has 2 bridgehead atoms. The number of imide groups is 1. The first-order valence-electron chi connectivity index (χ1n) is 11.6. The maximum absolute atomic E-state index is 13.8. The van der Waals surface area contributed by atoms with Crippen LogP contribution >= 0.6 is 0 Å². The third-order valence-corrected chi connectivity index (χ3v) is 7.82. The molecule has 4 heteroatoms. The highest BCUT2D eigenvalue weighted by Gasteiger charge is 2.61. The molecule has 2 N–H and O–H groups in total. The molecule has 2 atom stereocenters. The second-order valence-corrected chi connectivity index (χ2v) is 9.45. The van der Waals surface area contributed by atoms with Crippen molar-refractivity contribution in [2.75, 3.05) is 10.6 Å². The van der Waals surface area contributed by atoms with Gasteiger partial charge in [-0.15, -0.1) is 0 Å². The SMILES string of the molecule is Nc1ccc(-c2ccc(N3C(=O)[C@@H]4C5c6ccccc6C(c6ccccc65)[C@@H]4C3=O)cc2)cc1.